The van der Waals surface area contributed by atoms with Crippen LogP contribution in [-0.2, 0) is 32.0 Å². The van der Waals surface area contributed by atoms with Crippen molar-refractivity contribution in [2.45, 2.75) is 49.9 Å². The van der Waals surface area contributed by atoms with Gasteiger partial charge >= 0.3 is 5.97 Å². The van der Waals surface area contributed by atoms with Crippen molar-refractivity contribution < 1.29 is 29.4 Å². The number of H-pyrrole nitrogens is 2. The number of carbonyl (C=O) groups excluding carboxylic acids is 3. The Bertz CT molecular complexity index is 1390. The molecule has 0 aliphatic rings. The van der Waals surface area contributed by atoms with Crippen LogP contribution in [0.4, 0.5) is 0 Å². The van der Waals surface area contributed by atoms with Crippen molar-refractivity contribution >= 4 is 40.6 Å². The number of amides is 3. The summed E-state index contributed by atoms with van der Waals surface area (Å²) in [4.78, 5) is 64.8. The van der Waals surface area contributed by atoms with Gasteiger partial charge in [-0.3, -0.25) is 19.4 Å². The number of rotatable bonds is 16. The van der Waals surface area contributed by atoms with Gasteiger partial charge in [0.05, 0.1) is 19.0 Å². The van der Waals surface area contributed by atoms with E-state index in [0.717, 1.165) is 16.5 Å². The summed E-state index contributed by atoms with van der Waals surface area (Å²) >= 11 is 0. The van der Waals surface area contributed by atoms with Gasteiger partial charge in [-0.1, -0.05) is 18.2 Å². The third-order valence-corrected chi connectivity index (χ3v) is 6.45. The molecule has 13 N–H and O–H groups in total. The van der Waals surface area contributed by atoms with Crippen LogP contribution in [0.1, 0.15) is 24.1 Å². The highest BCUT2D eigenvalue weighted by atomic mass is 16.4. The smallest absolute Gasteiger partial charge is 0.328 e. The highest BCUT2D eigenvalue weighted by molar-refractivity contribution is 5.95. The minimum atomic E-state index is -1.59. The number of carbonyl (C=O) groups is 4. The van der Waals surface area contributed by atoms with E-state index in [1.165, 1.54) is 12.5 Å². The van der Waals surface area contributed by atoms with Crippen molar-refractivity contribution in [1.82, 2.24) is 30.9 Å². The van der Waals surface area contributed by atoms with Crippen LogP contribution in [0, 0.1) is 0 Å². The number of carboxylic acid groups (broad SMARTS) is 1. The van der Waals surface area contributed by atoms with Gasteiger partial charge in [0, 0.05) is 48.4 Å². The average Bonchev–Trinajstić information content (AvgIpc) is 3.62. The molecular formula is C26H36N10O6. The minimum absolute atomic E-state index is 0.0507. The zero-order valence-electron chi connectivity index (χ0n) is 22.7. The average molecular weight is 585 g/mol. The maximum atomic E-state index is 13.6. The van der Waals surface area contributed by atoms with Gasteiger partial charge < -0.3 is 53.3 Å². The molecule has 42 heavy (non-hydrogen) atoms. The van der Waals surface area contributed by atoms with Gasteiger partial charge in [-0.2, -0.15) is 0 Å². The zero-order valence-corrected chi connectivity index (χ0v) is 22.7. The Morgan fingerprint density at radius 3 is 2.26 bits per heavy atom. The van der Waals surface area contributed by atoms with E-state index in [1.807, 2.05) is 24.3 Å². The summed E-state index contributed by atoms with van der Waals surface area (Å²) in [6, 6.07) is 2.43. The third kappa shape index (κ3) is 9.03. The summed E-state index contributed by atoms with van der Waals surface area (Å²) < 4.78 is 0. The lowest BCUT2D eigenvalue weighted by molar-refractivity contribution is -0.143. The maximum absolute atomic E-state index is 13.6. The van der Waals surface area contributed by atoms with Crippen LogP contribution >= 0.6 is 0 Å². The molecule has 0 aliphatic carbocycles. The summed E-state index contributed by atoms with van der Waals surface area (Å²) in [6.07, 6.45) is 5.19. The van der Waals surface area contributed by atoms with E-state index in [-0.39, 0.29) is 31.8 Å². The number of aromatic amines is 2. The summed E-state index contributed by atoms with van der Waals surface area (Å²) in [6.45, 7) is -0.579. The Labute approximate surface area is 240 Å². The predicted octanol–water partition coefficient (Wildman–Crippen LogP) is -2.41. The van der Waals surface area contributed by atoms with Crippen LogP contribution in [0.25, 0.3) is 10.9 Å². The number of aliphatic carboxylic acids is 1. The van der Waals surface area contributed by atoms with Crippen molar-refractivity contribution in [3.8, 4) is 0 Å². The molecule has 0 saturated heterocycles. The van der Waals surface area contributed by atoms with Crippen molar-refractivity contribution in [3.63, 3.8) is 0 Å². The molecule has 0 fully saturated rings. The van der Waals surface area contributed by atoms with Crippen LogP contribution < -0.4 is 33.2 Å². The van der Waals surface area contributed by atoms with Gasteiger partial charge in [0.1, 0.15) is 18.1 Å². The first-order chi connectivity index (χ1) is 20.1. The standard InChI is InChI=1S/C26H36N10O6/c27-17(5-3-7-31-26(28)29)22(38)34-19(8-14-10-32-18-6-2-1-4-16(14)18)23(39)35-20(9-15-11-30-13-33-15)24(40)36-21(12-37)25(41)42/h1-2,4,6,10-11,13,17,19-21,32,37H,3,5,7-9,12,27H2,(H,30,33)(H,34,38)(H,35,39)(H,36,40)(H,41,42)(H4,28,29,31). The first-order valence-electron chi connectivity index (χ1n) is 13.2. The van der Waals surface area contributed by atoms with Crippen molar-refractivity contribution in [2.75, 3.05) is 13.2 Å². The highest BCUT2D eigenvalue weighted by Crippen LogP contribution is 2.19. The number of nitrogens with two attached hydrogens (primary N) is 3. The number of aliphatic imine (C=N–C) groups is 1. The molecule has 16 nitrogen and oxygen atoms in total. The molecule has 4 atom stereocenters. The summed E-state index contributed by atoms with van der Waals surface area (Å²) in [5.74, 6) is -3.69. The number of benzene rings is 1. The molecule has 2 aromatic heterocycles. The number of aliphatic hydroxyl groups excluding tert-OH is 1. The molecule has 3 amide bonds. The van der Waals surface area contributed by atoms with Gasteiger partial charge in [0.25, 0.3) is 0 Å². The fraction of sp³-hybridized carbons (Fsp3) is 0.385. The number of carboxylic acids is 1. The number of aliphatic hydroxyl groups is 1. The van der Waals surface area contributed by atoms with E-state index in [9.17, 15) is 29.4 Å². The second kappa shape index (κ2) is 15.2. The molecule has 4 unspecified atom stereocenters. The molecular weight excluding hydrogens is 548 g/mol. The number of imidazole rings is 1. The summed E-state index contributed by atoms with van der Waals surface area (Å²) in [5, 5.41) is 27.0. The number of hydrogen-bond donors (Lipinski definition) is 10. The Hall–Kier alpha value is -4.96. The van der Waals surface area contributed by atoms with Gasteiger partial charge in [-0.25, -0.2) is 9.78 Å². The molecule has 0 spiro atoms. The lowest BCUT2D eigenvalue weighted by Crippen LogP contribution is -2.58. The largest absolute Gasteiger partial charge is 0.480 e. The third-order valence-electron chi connectivity index (χ3n) is 6.45. The molecule has 2 heterocycles. The second-order valence-corrected chi connectivity index (χ2v) is 9.60. The lowest BCUT2D eigenvalue weighted by atomic mass is 10.0. The van der Waals surface area contributed by atoms with Crippen LogP contribution in [0.3, 0.4) is 0 Å². The minimum Gasteiger partial charge on any atom is -0.480 e. The summed E-state index contributed by atoms with van der Waals surface area (Å²) in [7, 11) is 0. The molecule has 0 radical (unpaired) electrons. The molecule has 3 rings (SSSR count). The van der Waals surface area contributed by atoms with Gasteiger partial charge in [-0.05, 0) is 24.5 Å². The SMILES string of the molecule is NC(N)=NCCCC(N)C(=O)NC(Cc1c[nH]c2ccccc12)C(=O)NC(Cc1cnc[nH]1)C(=O)NC(CO)C(=O)O. The number of aromatic nitrogens is 3. The summed E-state index contributed by atoms with van der Waals surface area (Å²) in [5.41, 5.74) is 18.7. The van der Waals surface area contributed by atoms with E-state index >= 15 is 0 Å². The first-order valence-corrected chi connectivity index (χ1v) is 13.2. The van der Waals surface area contributed by atoms with Crippen molar-refractivity contribution in [2.24, 2.45) is 22.2 Å². The Balaban J connectivity index is 1.82. The van der Waals surface area contributed by atoms with E-state index in [4.69, 9.17) is 17.2 Å². The van der Waals surface area contributed by atoms with Gasteiger partial charge in [0.2, 0.25) is 17.7 Å². The quantitative estimate of drug-likeness (QED) is 0.0483. The molecule has 3 aromatic rings. The molecule has 0 bridgehead atoms. The van der Waals surface area contributed by atoms with Crippen LogP contribution in [-0.4, -0.2) is 92.1 Å². The predicted molar refractivity (Wildman–Crippen MR) is 153 cm³/mol. The Kier molecular flexibility index (Phi) is 11.4. The fourth-order valence-corrected chi connectivity index (χ4v) is 4.21. The number of nitrogens with zero attached hydrogens (tertiary/aromatic N) is 2. The van der Waals surface area contributed by atoms with E-state index in [2.05, 4.69) is 35.9 Å². The number of para-hydroxylation sites is 1. The highest BCUT2D eigenvalue weighted by Gasteiger charge is 2.31. The number of guanidine groups is 1. The van der Waals surface area contributed by atoms with Crippen molar-refractivity contribution in [3.05, 3.63) is 54.2 Å². The van der Waals surface area contributed by atoms with Crippen molar-refractivity contribution in [1.29, 1.82) is 0 Å². The van der Waals surface area contributed by atoms with Crippen LogP contribution in [0.2, 0.25) is 0 Å². The molecule has 1 aromatic carbocycles. The zero-order chi connectivity index (χ0) is 30.6. The number of hydrogen-bond acceptors (Lipinski definition) is 8. The normalized spacial score (nSPS) is 13.9. The van der Waals surface area contributed by atoms with Gasteiger partial charge in [0.15, 0.2) is 5.96 Å². The fourth-order valence-electron chi connectivity index (χ4n) is 4.21. The number of fused-ring (bicyclic) bond motifs is 1. The van der Waals surface area contributed by atoms with Crippen LogP contribution in [0.5, 0.6) is 0 Å². The van der Waals surface area contributed by atoms with E-state index in [0.29, 0.717) is 12.1 Å². The Morgan fingerprint density at radius 2 is 1.62 bits per heavy atom. The topological polar surface area (TPSA) is 280 Å². The molecule has 226 valence electrons. The van der Waals surface area contributed by atoms with Gasteiger partial charge in [-0.15, -0.1) is 0 Å². The van der Waals surface area contributed by atoms with Crippen LogP contribution in [0.15, 0.2) is 48.0 Å². The van der Waals surface area contributed by atoms with E-state index in [1.54, 1.807) is 6.20 Å². The molecule has 0 aliphatic heterocycles. The Morgan fingerprint density at radius 1 is 0.952 bits per heavy atom. The number of nitrogens with one attached hydrogen (secondary N) is 5. The lowest BCUT2D eigenvalue weighted by Gasteiger charge is -2.25. The molecule has 16 heteroatoms. The molecule has 0 saturated carbocycles. The second-order valence-electron chi connectivity index (χ2n) is 9.60. The maximum Gasteiger partial charge on any atom is 0.328 e. The van der Waals surface area contributed by atoms with E-state index < -0.39 is 54.5 Å². The monoisotopic (exact) mass is 584 g/mol. The first kappa shape index (κ1) is 31.6.